The summed E-state index contributed by atoms with van der Waals surface area (Å²) >= 11 is 0. The molecule has 0 fully saturated rings. The van der Waals surface area contributed by atoms with Gasteiger partial charge in [-0.25, -0.2) is 0 Å². The first kappa shape index (κ1) is 14.9. The Morgan fingerprint density at radius 1 is 1.25 bits per heavy atom. The monoisotopic (exact) mass is 306 g/mol. The summed E-state index contributed by atoms with van der Waals surface area (Å²) in [5.74, 6) is -0.229. The molecule has 3 nitrogen and oxygen atoms in total. The average Bonchev–Trinajstić information content (AvgIpc) is 2.51. The fourth-order valence-electron chi connectivity index (χ4n) is 2.16. The number of hydrogen-bond acceptors (Lipinski definition) is 3. The van der Waals surface area contributed by atoms with Crippen LogP contribution in [0, 0.1) is 6.92 Å². The third-order valence-electron chi connectivity index (χ3n) is 3.07. The lowest BCUT2D eigenvalue weighted by Crippen LogP contribution is -2.25. The molecular formula is C13H13F3O3S. The second-order valence-corrected chi connectivity index (χ2v) is 6.09. The van der Waals surface area contributed by atoms with Gasteiger partial charge in [-0.05, 0) is 43.4 Å². The molecule has 0 aromatic heterocycles. The van der Waals surface area contributed by atoms with E-state index >= 15 is 0 Å². The zero-order valence-corrected chi connectivity index (χ0v) is 11.5. The number of allylic oxidation sites excluding steroid dienone is 1. The van der Waals surface area contributed by atoms with Gasteiger partial charge in [-0.3, -0.25) is 0 Å². The number of hydrogen-bond donors (Lipinski definition) is 0. The van der Waals surface area contributed by atoms with Gasteiger partial charge in [-0.1, -0.05) is 18.2 Å². The van der Waals surface area contributed by atoms with Crippen molar-refractivity contribution in [1.29, 1.82) is 0 Å². The van der Waals surface area contributed by atoms with Crippen LogP contribution in [0.4, 0.5) is 13.2 Å². The lowest BCUT2D eigenvalue weighted by atomic mass is 9.99. The molecule has 20 heavy (non-hydrogen) atoms. The minimum absolute atomic E-state index is 0.229. The van der Waals surface area contributed by atoms with Crippen LogP contribution in [0.3, 0.4) is 0 Å². The quantitative estimate of drug-likeness (QED) is 0.620. The van der Waals surface area contributed by atoms with E-state index in [-0.39, 0.29) is 5.76 Å². The first-order valence-corrected chi connectivity index (χ1v) is 7.43. The molecule has 1 aromatic rings. The molecule has 1 aliphatic rings. The predicted octanol–water partition coefficient (Wildman–Crippen LogP) is 3.54. The molecule has 0 saturated heterocycles. The molecule has 0 spiro atoms. The van der Waals surface area contributed by atoms with Crippen molar-refractivity contribution in [1.82, 2.24) is 0 Å². The second kappa shape index (κ2) is 5.12. The predicted molar refractivity (Wildman–Crippen MR) is 68.2 cm³/mol. The van der Waals surface area contributed by atoms with Gasteiger partial charge in [-0.2, -0.15) is 21.6 Å². The smallest absolute Gasteiger partial charge is 0.376 e. The van der Waals surface area contributed by atoms with Gasteiger partial charge in [0.1, 0.15) is 5.76 Å². The number of rotatable bonds is 2. The van der Waals surface area contributed by atoms with Crippen LogP contribution in [0.25, 0.3) is 5.76 Å². The molecule has 110 valence electrons. The van der Waals surface area contributed by atoms with E-state index in [1.807, 2.05) is 0 Å². The van der Waals surface area contributed by atoms with Crippen LogP contribution in [0.1, 0.15) is 29.5 Å². The SMILES string of the molecule is Cc1cccc2c1C(OS(=O)(=O)C(F)(F)F)=CCCC2. The third kappa shape index (κ3) is 2.82. The van der Waals surface area contributed by atoms with Crippen LogP contribution in [0.5, 0.6) is 0 Å². The molecule has 1 aromatic carbocycles. The molecule has 0 aliphatic heterocycles. The number of alkyl halides is 3. The largest absolute Gasteiger partial charge is 0.534 e. The van der Waals surface area contributed by atoms with Crippen LogP contribution in [0.2, 0.25) is 0 Å². The van der Waals surface area contributed by atoms with E-state index < -0.39 is 15.6 Å². The Hall–Kier alpha value is -1.50. The Morgan fingerprint density at radius 3 is 2.60 bits per heavy atom. The fraction of sp³-hybridized carbons (Fsp3) is 0.385. The summed E-state index contributed by atoms with van der Waals surface area (Å²) in [6.45, 7) is 1.71. The Balaban J connectivity index is 2.47. The Morgan fingerprint density at radius 2 is 1.95 bits per heavy atom. The van der Waals surface area contributed by atoms with E-state index in [4.69, 9.17) is 0 Å². The van der Waals surface area contributed by atoms with Gasteiger partial charge in [0.15, 0.2) is 0 Å². The maximum absolute atomic E-state index is 12.4. The highest BCUT2D eigenvalue weighted by Gasteiger charge is 2.49. The molecule has 2 rings (SSSR count). The van der Waals surface area contributed by atoms with Crippen LogP contribution >= 0.6 is 0 Å². The van der Waals surface area contributed by atoms with Crippen LogP contribution in [-0.4, -0.2) is 13.9 Å². The second-order valence-electron chi connectivity index (χ2n) is 4.55. The maximum Gasteiger partial charge on any atom is 0.534 e. The summed E-state index contributed by atoms with van der Waals surface area (Å²) in [6.07, 6.45) is 3.28. The molecule has 0 atom stereocenters. The van der Waals surface area contributed by atoms with Gasteiger partial charge in [0.05, 0.1) is 0 Å². The van der Waals surface area contributed by atoms with Crippen molar-refractivity contribution >= 4 is 15.9 Å². The standard InChI is InChI=1S/C13H13F3O3S/c1-9-5-4-7-10-6-2-3-8-11(12(9)10)19-20(17,18)13(14,15)16/h4-5,7-8H,2-3,6H2,1H3. The normalized spacial score (nSPS) is 16.1. The van der Waals surface area contributed by atoms with Gasteiger partial charge in [-0.15, -0.1) is 0 Å². The fourth-order valence-corrected chi connectivity index (χ4v) is 2.64. The van der Waals surface area contributed by atoms with Gasteiger partial charge in [0.25, 0.3) is 0 Å². The molecule has 0 N–H and O–H groups in total. The minimum atomic E-state index is -5.64. The molecule has 0 heterocycles. The average molecular weight is 306 g/mol. The van der Waals surface area contributed by atoms with Gasteiger partial charge >= 0.3 is 15.6 Å². The number of fused-ring (bicyclic) bond motifs is 1. The van der Waals surface area contributed by atoms with E-state index in [0.29, 0.717) is 24.0 Å². The summed E-state index contributed by atoms with van der Waals surface area (Å²) in [6, 6.07) is 5.27. The Labute approximate surface area is 115 Å². The summed E-state index contributed by atoms with van der Waals surface area (Å²) in [5.41, 5.74) is -3.50. The third-order valence-corrected chi connectivity index (χ3v) is 4.03. The number of aryl methyl sites for hydroxylation is 2. The van der Waals surface area contributed by atoms with Crippen LogP contribution in [0.15, 0.2) is 24.3 Å². The molecule has 7 heteroatoms. The van der Waals surface area contributed by atoms with Gasteiger partial charge in [0, 0.05) is 5.56 Å². The van der Waals surface area contributed by atoms with E-state index in [9.17, 15) is 21.6 Å². The van der Waals surface area contributed by atoms with Crippen molar-refractivity contribution in [2.45, 2.75) is 31.7 Å². The maximum atomic E-state index is 12.4. The van der Waals surface area contributed by atoms with Crippen molar-refractivity contribution in [3.05, 3.63) is 41.0 Å². The molecule has 0 amide bonds. The van der Waals surface area contributed by atoms with Gasteiger partial charge < -0.3 is 4.18 Å². The Bertz CT molecular complexity index is 645. The van der Waals surface area contributed by atoms with Crippen molar-refractivity contribution in [2.75, 3.05) is 0 Å². The Kier molecular flexibility index (Phi) is 3.82. The molecule has 0 unspecified atom stereocenters. The first-order valence-electron chi connectivity index (χ1n) is 6.02. The van der Waals surface area contributed by atoms with E-state index in [1.165, 1.54) is 6.08 Å². The summed E-state index contributed by atoms with van der Waals surface area (Å²) in [5, 5.41) is 0. The van der Waals surface area contributed by atoms with E-state index in [1.54, 1.807) is 25.1 Å². The minimum Gasteiger partial charge on any atom is -0.376 e. The zero-order chi connectivity index (χ0) is 15.0. The summed E-state index contributed by atoms with van der Waals surface area (Å²) in [7, 11) is -5.64. The van der Waals surface area contributed by atoms with Crippen molar-refractivity contribution in [3.63, 3.8) is 0 Å². The van der Waals surface area contributed by atoms with Crippen molar-refractivity contribution < 1.29 is 25.8 Å². The van der Waals surface area contributed by atoms with E-state index in [0.717, 1.165) is 12.0 Å². The molecule has 0 bridgehead atoms. The van der Waals surface area contributed by atoms with Crippen LogP contribution in [-0.2, 0) is 20.7 Å². The highest BCUT2D eigenvalue weighted by molar-refractivity contribution is 7.87. The first-order chi connectivity index (χ1) is 9.22. The highest BCUT2D eigenvalue weighted by Crippen LogP contribution is 2.34. The van der Waals surface area contributed by atoms with Crippen molar-refractivity contribution in [3.8, 4) is 0 Å². The van der Waals surface area contributed by atoms with Gasteiger partial charge in [0.2, 0.25) is 0 Å². The topological polar surface area (TPSA) is 43.4 Å². The highest BCUT2D eigenvalue weighted by atomic mass is 32.2. The summed E-state index contributed by atoms with van der Waals surface area (Å²) < 4.78 is 63.9. The number of halogens is 3. The summed E-state index contributed by atoms with van der Waals surface area (Å²) in [4.78, 5) is 0. The van der Waals surface area contributed by atoms with E-state index in [2.05, 4.69) is 4.18 Å². The molecule has 0 radical (unpaired) electrons. The number of benzene rings is 1. The van der Waals surface area contributed by atoms with Crippen molar-refractivity contribution in [2.24, 2.45) is 0 Å². The lowest BCUT2D eigenvalue weighted by molar-refractivity contribution is -0.0509. The zero-order valence-electron chi connectivity index (χ0n) is 10.7. The molecular weight excluding hydrogens is 293 g/mol. The molecule has 1 aliphatic carbocycles. The molecule has 0 saturated carbocycles. The lowest BCUT2D eigenvalue weighted by Gasteiger charge is -2.15. The van der Waals surface area contributed by atoms with Crippen LogP contribution < -0.4 is 0 Å².